The van der Waals surface area contributed by atoms with Crippen LogP contribution in [0.4, 0.5) is 45.4 Å². The lowest BCUT2D eigenvalue weighted by molar-refractivity contribution is 0.262. The highest BCUT2D eigenvalue weighted by atomic mass is 16.5. The maximum Gasteiger partial charge on any atom is 0.323 e. The number of carbonyl (C=O) groups is 1. The van der Waals surface area contributed by atoms with E-state index in [0.29, 0.717) is 46.0 Å². The van der Waals surface area contributed by atoms with Gasteiger partial charge in [0, 0.05) is 29.2 Å². The average Bonchev–Trinajstić information content (AvgIpc) is 3.18. The molecule has 60 heavy (non-hydrogen) atoms. The number of rotatable bonds is 8. The molecule has 0 aliphatic heterocycles. The van der Waals surface area contributed by atoms with E-state index in [2.05, 4.69) is 77.3 Å². The lowest BCUT2D eigenvalue weighted by Crippen LogP contribution is -2.20. The summed E-state index contributed by atoms with van der Waals surface area (Å²) in [6, 6.07) is 26.7. The predicted molar refractivity (Wildman–Crippen MR) is 247 cm³/mol. The topological polar surface area (TPSA) is 308 Å². The van der Waals surface area contributed by atoms with Crippen LogP contribution >= 0.6 is 0 Å². The van der Waals surface area contributed by atoms with Crippen molar-refractivity contribution in [3.63, 3.8) is 0 Å². The van der Waals surface area contributed by atoms with Crippen molar-refractivity contribution in [2.45, 2.75) is 74.1 Å². The number of hydrogen-bond donors (Lipinski definition) is 8. The zero-order valence-corrected chi connectivity index (χ0v) is 36.0. The van der Waals surface area contributed by atoms with Gasteiger partial charge in [-0.3, -0.25) is 0 Å². The Bertz CT molecular complexity index is 2240. The highest BCUT2D eigenvalue weighted by molar-refractivity contribution is 6.00. The number of nitrogens with two attached hydrogens (primary N) is 5. The summed E-state index contributed by atoms with van der Waals surface area (Å²) in [6.07, 6.45) is 2.88. The molecule has 4 aromatic carbocycles. The minimum absolute atomic E-state index is 0. The highest BCUT2D eigenvalue weighted by Crippen LogP contribution is 2.37. The van der Waals surface area contributed by atoms with Crippen molar-refractivity contribution in [2.24, 2.45) is 0 Å². The van der Waals surface area contributed by atoms with Crippen LogP contribution in [0.25, 0.3) is 0 Å². The van der Waals surface area contributed by atoms with Crippen LogP contribution < -0.4 is 54.9 Å². The van der Waals surface area contributed by atoms with Crippen molar-refractivity contribution in [2.75, 3.05) is 39.3 Å². The van der Waals surface area contributed by atoms with Crippen LogP contribution in [0.2, 0.25) is 0 Å². The maximum atomic E-state index is 12.4. The minimum Gasteiger partial charge on any atom is -0.451 e. The Balaban J connectivity index is 0.000000502. The molecule has 6 aromatic rings. The third kappa shape index (κ3) is 15.3. The lowest BCUT2D eigenvalue weighted by Gasteiger charge is -2.18. The molecular formula is C44H62N12O4. The van der Waals surface area contributed by atoms with E-state index in [9.17, 15) is 4.79 Å². The number of nitrogens with zero attached hydrogens (tertiary/aromatic N) is 4. The number of aryl methyl sites for hydroxylation is 3. The number of nitrogens with one attached hydrogen (secondary N) is 2. The van der Waals surface area contributed by atoms with Crippen molar-refractivity contribution in [3.8, 4) is 23.0 Å². The number of para-hydroxylation sites is 1. The van der Waals surface area contributed by atoms with Gasteiger partial charge in [-0.15, -0.1) is 0 Å². The normalized spacial score (nSPS) is 9.85. The monoisotopic (exact) mass is 823 g/mol. The summed E-state index contributed by atoms with van der Waals surface area (Å²) in [6.45, 7) is 18.3. The van der Waals surface area contributed by atoms with E-state index >= 15 is 0 Å². The van der Waals surface area contributed by atoms with Crippen molar-refractivity contribution in [3.05, 3.63) is 125 Å². The molecule has 2 aromatic heterocycles. The van der Waals surface area contributed by atoms with E-state index in [-0.39, 0.29) is 47.1 Å². The first-order valence-corrected chi connectivity index (χ1v) is 18.9. The number of hydrogen-bond acceptors (Lipinski definition) is 13. The molecule has 17 N–H and O–H groups in total. The molecule has 2 heterocycles. The molecule has 0 unspecified atom stereocenters. The predicted octanol–water partition coefficient (Wildman–Crippen LogP) is 9.31. The standard InChI is InChI=1S/C21H24N6O2.C14H19N5O.C7H8.C2H6.H3N.H2O/c1-12(2)15-9-13(3)16(26-21(28)25-14-7-5-4-6-8-14)10-17(15)29-18-11-24-20(23)27-19(18)22;1-7(2)9-4-8(3)10(15)5-11(9)20-12-6-18-14(17)19-13(12)16;1-7-5-3-2-4-6-7;1-2;;/h4-12H,1-3H3,(H2,25,26,28)(H4,22,23,24,27);4-7H,15H2,1-3H3,(H4,16,17,18,19);2-6H,1H3;1-2H3;1H3;1H2. The molecule has 0 aliphatic carbocycles. The number of carbonyl (C=O) groups excluding carboxylic acids is 1. The van der Waals surface area contributed by atoms with Crippen LogP contribution in [0.5, 0.6) is 23.0 Å². The van der Waals surface area contributed by atoms with Gasteiger partial charge in [0.25, 0.3) is 0 Å². The van der Waals surface area contributed by atoms with Crippen LogP contribution in [0.15, 0.2) is 97.3 Å². The Kier molecular flexibility index (Phi) is 20.8. The second kappa shape index (κ2) is 24.6. The third-order valence-electron chi connectivity index (χ3n) is 8.26. The third-order valence-corrected chi connectivity index (χ3v) is 8.26. The Morgan fingerprint density at radius 1 is 0.600 bits per heavy atom. The summed E-state index contributed by atoms with van der Waals surface area (Å²) < 4.78 is 11.8. The summed E-state index contributed by atoms with van der Waals surface area (Å²) in [5.74, 6) is 2.88. The van der Waals surface area contributed by atoms with Crippen LogP contribution in [0.3, 0.4) is 0 Å². The van der Waals surface area contributed by atoms with Gasteiger partial charge in [0.05, 0.1) is 12.4 Å². The lowest BCUT2D eigenvalue weighted by atomic mass is 9.98. The fourth-order valence-electron chi connectivity index (χ4n) is 5.18. The zero-order chi connectivity index (χ0) is 42.9. The van der Waals surface area contributed by atoms with Crippen LogP contribution in [0.1, 0.15) is 81.2 Å². The van der Waals surface area contributed by atoms with E-state index in [1.807, 2.05) is 88.4 Å². The molecule has 2 amide bonds. The number of ether oxygens (including phenoxy) is 2. The smallest absolute Gasteiger partial charge is 0.323 e. The van der Waals surface area contributed by atoms with E-state index in [0.717, 1.165) is 22.3 Å². The molecule has 322 valence electrons. The Morgan fingerprint density at radius 2 is 1.03 bits per heavy atom. The summed E-state index contributed by atoms with van der Waals surface area (Å²) >= 11 is 0. The number of anilines is 7. The summed E-state index contributed by atoms with van der Waals surface area (Å²) in [7, 11) is 0. The molecule has 0 fully saturated rings. The molecule has 0 atom stereocenters. The van der Waals surface area contributed by atoms with Gasteiger partial charge in [-0.25, -0.2) is 14.8 Å². The number of urea groups is 1. The van der Waals surface area contributed by atoms with Gasteiger partial charge in [0.15, 0.2) is 23.1 Å². The fraction of sp³-hybridized carbons (Fsp3) is 0.250. The van der Waals surface area contributed by atoms with Crippen LogP contribution in [-0.4, -0.2) is 31.4 Å². The molecular weight excluding hydrogens is 761 g/mol. The zero-order valence-electron chi connectivity index (χ0n) is 36.0. The van der Waals surface area contributed by atoms with Crippen molar-refractivity contribution in [1.82, 2.24) is 26.1 Å². The summed E-state index contributed by atoms with van der Waals surface area (Å²) in [4.78, 5) is 28.0. The highest BCUT2D eigenvalue weighted by Gasteiger charge is 2.17. The van der Waals surface area contributed by atoms with E-state index in [1.165, 1.54) is 18.0 Å². The van der Waals surface area contributed by atoms with Gasteiger partial charge in [0.2, 0.25) is 11.9 Å². The first-order chi connectivity index (χ1) is 27.6. The average molecular weight is 823 g/mol. The molecule has 16 heteroatoms. The number of benzene rings is 4. The van der Waals surface area contributed by atoms with Crippen LogP contribution in [0, 0.1) is 20.8 Å². The number of amides is 2. The quantitative estimate of drug-likeness (QED) is 0.0664. The first-order valence-electron chi connectivity index (χ1n) is 18.9. The summed E-state index contributed by atoms with van der Waals surface area (Å²) in [5.41, 5.74) is 35.9. The molecule has 0 saturated carbocycles. The molecule has 16 nitrogen and oxygen atoms in total. The van der Waals surface area contributed by atoms with Gasteiger partial charge in [0.1, 0.15) is 11.5 Å². The Morgan fingerprint density at radius 3 is 1.45 bits per heavy atom. The second-order valence-electron chi connectivity index (χ2n) is 13.5. The molecule has 0 spiro atoms. The van der Waals surface area contributed by atoms with Crippen molar-refractivity contribution < 1.29 is 19.7 Å². The van der Waals surface area contributed by atoms with Gasteiger partial charge in [-0.2, -0.15) is 9.97 Å². The first kappa shape index (κ1) is 50.8. The molecule has 0 radical (unpaired) electrons. The number of nitrogen functional groups attached to an aromatic ring is 5. The Labute approximate surface area is 353 Å². The molecule has 6 rings (SSSR count). The van der Waals surface area contributed by atoms with E-state index in [1.54, 1.807) is 12.1 Å². The van der Waals surface area contributed by atoms with Gasteiger partial charge in [-0.1, -0.05) is 108 Å². The largest absolute Gasteiger partial charge is 0.451 e. The van der Waals surface area contributed by atoms with E-state index < -0.39 is 0 Å². The van der Waals surface area contributed by atoms with Crippen molar-refractivity contribution >= 4 is 46.6 Å². The van der Waals surface area contributed by atoms with Gasteiger partial charge < -0.3 is 60.4 Å². The SMILES string of the molecule is CC.Cc1cc(C(C)C)c(Oc2cnc(N)nc2N)cc1N.Cc1cc(C(C)C)c(Oc2cnc(N)nc2N)cc1NC(=O)Nc1ccccc1.Cc1ccccc1.N.O. The molecule has 0 saturated heterocycles. The second-order valence-corrected chi connectivity index (χ2v) is 13.5. The van der Waals surface area contributed by atoms with Crippen LogP contribution in [-0.2, 0) is 0 Å². The molecule has 0 aliphatic rings. The fourth-order valence-corrected chi connectivity index (χ4v) is 5.18. The minimum atomic E-state index is -0.349. The number of aromatic nitrogens is 4. The van der Waals surface area contributed by atoms with Gasteiger partial charge >= 0.3 is 6.03 Å². The van der Waals surface area contributed by atoms with E-state index in [4.69, 9.17) is 38.1 Å². The maximum absolute atomic E-state index is 12.4. The molecule has 0 bridgehead atoms. The van der Waals surface area contributed by atoms with Gasteiger partial charge in [-0.05, 0) is 67.0 Å². The van der Waals surface area contributed by atoms with Crippen molar-refractivity contribution in [1.29, 1.82) is 0 Å². The Hall–Kier alpha value is -7.17. The summed E-state index contributed by atoms with van der Waals surface area (Å²) in [5, 5.41) is 5.66.